The fourth-order valence-electron chi connectivity index (χ4n) is 1.20. The molecular weight excluding hydrogens is 241 g/mol. The highest BCUT2D eigenvalue weighted by Gasteiger charge is 2.21. The number of hydrogen-bond donors (Lipinski definition) is 2. The fraction of sp³-hybridized carbons (Fsp3) is 0.273. The minimum Gasteiger partial charge on any atom is -0.480 e. The molecule has 1 rings (SSSR count). The highest BCUT2D eigenvalue weighted by molar-refractivity contribution is 5.95. The molecule has 94 valence electrons. The van der Waals surface area contributed by atoms with E-state index in [0.717, 1.165) is 0 Å². The molecule has 0 aliphatic carbocycles. The van der Waals surface area contributed by atoms with E-state index in [-0.39, 0.29) is 5.69 Å². The molecule has 0 saturated carbocycles. The molecule has 1 atom stereocenters. The minimum absolute atomic E-state index is 0.0637. The number of aryl methyl sites for hydroxylation is 1. The van der Waals surface area contributed by atoms with E-state index in [1.54, 1.807) is 6.92 Å². The number of aromatic nitrogens is 1. The van der Waals surface area contributed by atoms with Gasteiger partial charge in [-0.1, -0.05) is 0 Å². The number of carbonyl (C=O) groups is 2. The normalized spacial score (nSPS) is 11.4. The molecule has 0 radical (unpaired) electrons. The molecule has 1 aromatic heterocycles. The average Bonchev–Trinajstić information content (AvgIpc) is 2.35. The number of amides is 1. The van der Waals surface area contributed by atoms with Crippen LogP contribution in [0.4, 0.5) is 4.39 Å². The van der Waals surface area contributed by atoms with Crippen LogP contribution in [0, 0.1) is 18.3 Å². The first kappa shape index (κ1) is 13.6. The fourth-order valence-corrected chi connectivity index (χ4v) is 1.20. The van der Waals surface area contributed by atoms with Gasteiger partial charge in [0.1, 0.15) is 18.4 Å². The smallest absolute Gasteiger partial charge is 0.328 e. The number of hydrogen-bond acceptors (Lipinski definition) is 4. The summed E-state index contributed by atoms with van der Waals surface area (Å²) in [6.45, 7) is 0.329. The zero-order chi connectivity index (χ0) is 13.7. The lowest BCUT2D eigenvalue weighted by molar-refractivity contribution is -0.139. The number of alkyl halides is 1. The number of nitrogens with zero attached hydrogens (tertiary/aromatic N) is 2. The largest absolute Gasteiger partial charge is 0.480 e. The van der Waals surface area contributed by atoms with Gasteiger partial charge in [0, 0.05) is 0 Å². The van der Waals surface area contributed by atoms with E-state index in [1.165, 1.54) is 12.1 Å². The topological polar surface area (TPSA) is 103 Å². The number of carboxylic acids is 1. The predicted octanol–water partition coefficient (Wildman–Crippen LogP) is 0.414. The second-order valence-corrected chi connectivity index (χ2v) is 3.46. The molecule has 7 heteroatoms. The minimum atomic E-state index is -1.60. The van der Waals surface area contributed by atoms with E-state index < -0.39 is 24.6 Å². The quantitative estimate of drug-likeness (QED) is 0.806. The number of nitriles is 1. The molecule has 0 aromatic carbocycles. The number of aliphatic carboxylic acids is 1. The molecule has 0 saturated heterocycles. The summed E-state index contributed by atoms with van der Waals surface area (Å²) in [5.41, 5.74) is 0.593. The first-order valence-electron chi connectivity index (χ1n) is 4.97. The molecule has 0 bridgehead atoms. The van der Waals surface area contributed by atoms with Crippen molar-refractivity contribution in [3.8, 4) is 6.07 Å². The van der Waals surface area contributed by atoms with Crippen molar-refractivity contribution in [3.05, 3.63) is 29.1 Å². The van der Waals surface area contributed by atoms with E-state index >= 15 is 0 Å². The van der Waals surface area contributed by atoms with E-state index in [1.807, 2.05) is 11.4 Å². The summed E-state index contributed by atoms with van der Waals surface area (Å²) in [4.78, 5) is 26.0. The molecule has 1 unspecified atom stereocenters. The second kappa shape index (κ2) is 5.72. The lowest BCUT2D eigenvalue weighted by Gasteiger charge is -2.10. The molecule has 18 heavy (non-hydrogen) atoms. The molecule has 0 aliphatic rings. The summed E-state index contributed by atoms with van der Waals surface area (Å²) in [6, 6.07) is 2.95. The summed E-state index contributed by atoms with van der Waals surface area (Å²) in [7, 11) is 0. The maximum absolute atomic E-state index is 12.3. The summed E-state index contributed by atoms with van der Waals surface area (Å²) in [5, 5.41) is 19.3. The third-order valence-corrected chi connectivity index (χ3v) is 2.20. The van der Waals surface area contributed by atoms with Crippen molar-refractivity contribution in [1.29, 1.82) is 5.26 Å². The zero-order valence-corrected chi connectivity index (χ0v) is 9.48. The molecule has 1 amide bonds. The third-order valence-electron chi connectivity index (χ3n) is 2.20. The van der Waals surface area contributed by atoms with Crippen molar-refractivity contribution >= 4 is 11.9 Å². The summed E-state index contributed by atoms with van der Waals surface area (Å²) < 4.78 is 12.3. The van der Waals surface area contributed by atoms with Gasteiger partial charge in [-0.25, -0.2) is 14.2 Å². The van der Waals surface area contributed by atoms with E-state index in [4.69, 9.17) is 10.4 Å². The van der Waals surface area contributed by atoms with Gasteiger partial charge in [0.05, 0.1) is 11.3 Å². The van der Waals surface area contributed by atoms with Gasteiger partial charge >= 0.3 is 5.97 Å². The number of pyridine rings is 1. The maximum atomic E-state index is 12.3. The highest BCUT2D eigenvalue weighted by atomic mass is 19.1. The van der Waals surface area contributed by atoms with Gasteiger partial charge in [-0.05, 0) is 19.1 Å². The van der Waals surface area contributed by atoms with Crippen molar-refractivity contribution in [1.82, 2.24) is 10.3 Å². The Hall–Kier alpha value is -2.49. The summed E-state index contributed by atoms with van der Waals surface area (Å²) in [6.07, 6.45) is 0. The number of halogens is 1. The Balaban J connectivity index is 2.89. The van der Waals surface area contributed by atoms with Crippen molar-refractivity contribution in [2.45, 2.75) is 13.0 Å². The van der Waals surface area contributed by atoms with Crippen LogP contribution >= 0.6 is 0 Å². The predicted molar refractivity (Wildman–Crippen MR) is 58.6 cm³/mol. The Morgan fingerprint density at radius 2 is 2.28 bits per heavy atom. The Morgan fingerprint density at radius 3 is 2.72 bits per heavy atom. The van der Waals surface area contributed by atoms with Crippen LogP contribution in [0.1, 0.15) is 21.7 Å². The number of carbonyl (C=O) groups excluding carboxylic acids is 1. The molecule has 2 N–H and O–H groups in total. The molecule has 1 heterocycles. The highest BCUT2D eigenvalue weighted by Crippen LogP contribution is 2.05. The van der Waals surface area contributed by atoms with Crippen molar-refractivity contribution in [2.75, 3.05) is 6.67 Å². The monoisotopic (exact) mass is 251 g/mol. The number of carboxylic acid groups (broad SMARTS) is 1. The zero-order valence-electron chi connectivity index (χ0n) is 9.48. The molecule has 0 fully saturated rings. The van der Waals surface area contributed by atoms with Crippen molar-refractivity contribution < 1.29 is 19.1 Å². The third kappa shape index (κ3) is 3.01. The van der Waals surface area contributed by atoms with Crippen LogP contribution in [0.5, 0.6) is 0 Å². The van der Waals surface area contributed by atoms with Crippen LogP contribution in [-0.2, 0) is 4.79 Å². The molecule has 0 spiro atoms. The standard InChI is InChI=1S/C11H10FN3O3/c1-6-7(5-13)2-3-8(14-6)10(16)15-9(4-12)11(17)18/h2-3,9H,4H2,1H3,(H,15,16)(H,17,18). The van der Waals surface area contributed by atoms with Gasteiger partial charge in [-0.3, -0.25) is 4.79 Å². The van der Waals surface area contributed by atoms with Crippen LogP contribution in [0.15, 0.2) is 12.1 Å². The van der Waals surface area contributed by atoms with Crippen molar-refractivity contribution in [3.63, 3.8) is 0 Å². The molecule has 1 aromatic rings. The first-order valence-corrected chi connectivity index (χ1v) is 4.97. The van der Waals surface area contributed by atoms with Gasteiger partial charge in [0.2, 0.25) is 0 Å². The van der Waals surface area contributed by atoms with Gasteiger partial charge in [0.25, 0.3) is 5.91 Å². The van der Waals surface area contributed by atoms with Crippen LogP contribution in [-0.4, -0.2) is 34.7 Å². The Bertz CT molecular complexity index is 525. The summed E-state index contributed by atoms with van der Waals surface area (Å²) in [5.74, 6) is -2.26. The van der Waals surface area contributed by atoms with Crippen LogP contribution in [0.25, 0.3) is 0 Å². The maximum Gasteiger partial charge on any atom is 0.328 e. The van der Waals surface area contributed by atoms with Gasteiger partial charge in [0.15, 0.2) is 6.04 Å². The molecule has 0 aliphatic heterocycles. The van der Waals surface area contributed by atoms with Crippen LogP contribution in [0.2, 0.25) is 0 Å². The Morgan fingerprint density at radius 1 is 1.61 bits per heavy atom. The summed E-state index contributed by atoms with van der Waals surface area (Å²) >= 11 is 0. The van der Waals surface area contributed by atoms with Crippen LogP contribution < -0.4 is 5.32 Å². The molecule has 6 nitrogen and oxygen atoms in total. The Kier molecular flexibility index (Phi) is 4.32. The second-order valence-electron chi connectivity index (χ2n) is 3.46. The van der Waals surface area contributed by atoms with E-state index in [9.17, 15) is 14.0 Å². The van der Waals surface area contributed by atoms with Crippen LogP contribution in [0.3, 0.4) is 0 Å². The number of rotatable bonds is 4. The van der Waals surface area contributed by atoms with E-state index in [0.29, 0.717) is 11.3 Å². The lowest BCUT2D eigenvalue weighted by Crippen LogP contribution is -2.42. The van der Waals surface area contributed by atoms with Crippen molar-refractivity contribution in [2.24, 2.45) is 0 Å². The first-order chi connectivity index (χ1) is 8.49. The number of nitrogens with one attached hydrogen (secondary N) is 1. The van der Waals surface area contributed by atoms with E-state index in [2.05, 4.69) is 4.98 Å². The van der Waals surface area contributed by atoms with Gasteiger partial charge in [-0.2, -0.15) is 5.26 Å². The van der Waals surface area contributed by atoms with Gasteiger partial charge in [-0.15, -0.1) is 0 Å². The SMILES string of the molecule is Cc1nc(C(=O)NC(CF)C(=O)O)ccc1C#N. The molecular formula is C11H10FN3O3. The Labute approximate surface area is 102 Å². The van der Waals surface area contributed by atoms with Gasteiger partial charge < -0.3 is 10.4 Å². The lowest BCUT2D eigenvalue weighted by atomic mass is 10.2. The average molecular weight is 251 g/mol.